The second-order valence-corrected chi connectivity index (χ2v) is 10.5. The molecule has 0 saturated carbocycles. The number of thiophene rings is 1. The number of rotatable bonds is 15. The van der Waals surface area contributed by atoms with E-state index in [2.05, 4.69) is 40.3 Å². The minimum Gasteiger partial charge on any atom is -0.481 e. The first-order chi connectivity index (χ1) is 19.1. The number of allylic oxidation sites excluding steroid dienone is 4. The van der Waals surface area contributed by atoms with Gasteiger partial charge in [0.15, 0.2) is 0 Å². The number of nitrogens with one attached hydrogen (secondary N) is 2. The number of nitrogens with two attached hydrogens (primary N) is 2. The van der Waals surface area contributed by atoms with Crippen molar-refractivity contribution in [2.45, 2.75) is 63.5 Å². The summed E-state index contributed by atoms with van der Waals surface area (Å²) in [6.45, 7) is 0. The third-order valence-corrected chi connectivity index (χ3v) is 7.48. The van der Waals surface area contributed by atoms with Crippen molar-refractivity contribution in [1.29, 1.82) is 0 Å². The topological polar surface area (TPSA) is 182 Å². The van der Waals surface area contributed by atoms with Crippen LogP contribution < -0.4 is 22.1 Å². The lowest BCUT2D eigenvalue weighted by Gasteiger charge is -2.21. The zero-order chi connectivity index (χ0) is 29.1. The fourth-order valence-electron chi connectivity index (χ4n) is 4.24. The Kier molecular flexibility index (Phi) is 11.2. The summed E-state index contributed by atoms with van der Waals surface area (Å²) in [5.74, 6) is -3.89. The van der Waals surface area contributed by atoms with E-state index in [0.29, 0.717) is 6.42 Å². The standard InChI is InChI=1S/C29H34N4O6S/c30-25(34)13-11-22(28(31)38)33-29(39)23(12-15-27(36)37)32-26(35)14-8-18-6-9-20(10-7-18)24-16-21(17-40-24)19-4-2-1-3-5-19/h1-2,4,6-7,9-10,16-17,22-23H,3,5,8,11-15H2,(H2,30,34)(H2,31,38)(H,32,35)(H,33,39)(H,36,37)/t22-,23-/m0/s1. The summed E-state index contributed by atoms with van der Waals surface area (Å²) in [5, 5.41) is 16.1. The van der Waals surface area contributed by atoms with Crippen LogP contribution in [0.5, 0.6) is 0 Å². The van der Waals surface area contributed by atoms with Gasteiger partial charge in [-0.15, -0.1) is 11.3 Å². The Balaban J connectivity index is 1.56. The first kappa shape index (κ1) is 30.3. The fraction of sp³-hybridized carbons (Fsp3) is 0.345. The van der Waals surface area contributed by atoms with E-state index < -0.39 is 41.7 Å². The molecule has 0 spiro atoms. The van der Waals surface area contributed by atoms with Crippen LogP contribution in [0, 0.1) is 0 Å². The molecule has 0 radical (unpaired) electrons. The van der Waals surface area contributed by atoms with Gasteiger partial charge in [0.05, 0.1) is 0 Å². The molecule has 40 heavy (non-hydrogen) atoms. The number of benzene rings is 1. The largest absolute Gasteiger partial charge is 0.481 e. The van der Waals surface area contributed by atoms with Crippen LogP contribution in [-0.4, -0.2) is 46.8 Å². The number of carbonyl (C=O) groups is 5. The highest BCUT2D eigenvalue weighted by Crippen LogP contribution is 2.33. The Morgan fingerprint density at radius 2 is 1.65 bits per heavy atom. The van der Waals surface area contributed by atoms with E-state index in [9.17, 15) is 24.0 Å². The number of carboxylic acid groups (broad SMARTS) is 1. The average Bonchev–Trinajstić information content (AvgIpc) is 3.43. The summed E-state index contributed by atoms with van der Waals surface area (Å²) in [5.41, 5.74) is 15.0. The fourth-order valence-corrected chi connectivity index (χ4v) is 5.18. The quantitative estimate of drug-likeness (QED) is 0.221. The van der Waals surface area contributed by atoms with Crippen molar-refractivity contribution in [1.82, 2.24) is 10.6 Å². The molecule has 1 aromatic carbocycles. The Morgan fingerprint density at radius 1 is 0.925 bits per heavy atom. The van der Waals surface area contributed by atoms with Crippen LogP contribution in [0.3, 0.4) is 0 Å². The minimum absolute atomic E-state index is 0.0714. The smallest absolute Gasteiger partial charge is 0.303 e. The van der Waals surface area contributed by atoms with Gasteiger partial charge in [0.25, 0.3) is 0 Å². The lowest BCUT2D eigenvalue weighted by atomic mass is 9.99. The highest BCUT2D eigenvalue weighted by molar-refractivity contribution is 7.13. The monoisotopic (exact) mass is 566 g/mol. The number of carboxylic acids is 1. The number of carbonyl (C=O) groups excluding carboxylic acids is 4. The summed E-state index contributed by atoms with van der Waals surface area (Å²) in [4.78, 5) is 60.3. The van der Waals surface area contributed by atoms with E-state index in [4.69, 9.17) is 16.6 Å². The SMILES string of the molecule is NC(=O)CC[C@H](NC(=O)[C@H](CCC(=O)O)NC(=O)CCc1ccc(-c2cc(C3=CC=CCC3)cs2)cc1)C(N)=O. The van der Waals surface area contributed by atoms with Crippen molar-refractivity contribution in [3.05, 3.63) is 65.1 Å². The molecule has 0 saturated heterocycles. The summed E-state index contributed by atoms with van der Waals surface area (Å²) in [7, 11) is 0. The molecule has 2 aromatic rings. The third-order valence-electron chi connectivity index (χ3n) is 6.50. The van der Waals surface area contributed by atoms with Crippen LogP contribution >= 0.6 is 11.3 Å². The first-order valence-electron chi connectivity index (χ1n) is 13.1. The molecular weight excluding hydrogens is 532 g/mol. The van der Waals surface area contributed by atoms with E-state index >= 15 is 0 Å². The van der Waals surface area contributed by atoms with Crippen molar-refractivity contribution in [3.8, 4) is 10.4 Å². The van der Waals surface area contributed by atoms with E-state index in [1.165, 1.54) is 11.1 Å². The zero-order valence-electron chi connectivity index (χ0n) is 22.1. The van der Waals surface area contributed by atoms with Crippen molar-refractivity contribution in [2.24, 2.45) is 11.5 Å². The van der Waals surface area contributed by atoms with Gasteiger partial charge in [0, 0.05) is 24.1 Å². The summed E-state index contributed by atoms with van der Waals surface area (Å²) < 4.78 is 0. The van der Waals surface area contributed by atoms with Crippen LogP contribution in [0.2, 0.25) is 0 Å². The molecule has 3 rings (SSSR count). The molecule has 1 aromatic heterocycles. The molecule has 7 N–H and O–H groups in total. The minimum atomic E-state index is -1.19. The molecule has 0 aliphatic heterocycles. The third kappa shape index (κ3) is 9.49. The summed E-state index contributed by atoms with van der Waals surface area (Å²) in [6.07, 6.45) is 8.14. The van der Waals surface area contributed by atoms with E-state index in [1.54, 1.807) is 11.3 Å². The molecule has 2 atom stereocenters. The lowest BCUT2D eigenvalue weighted by molar-refractivity contribution is -0.138. The van der Waals surface area contributed by atoms with Crippen LogP contribution in [0.25, 0.3) is 16.0 Å². The number of primary amides is 2. The number of hydrogen-bond acceptors (Lipinski definition) is 6. The second-order valence-electron chi connectivity index (χ2n) is 9.58. The normalized spacial score (nSPS) is 14.1. The molecule has 0 fully saturated rings. The van der Waals surface area contributed by atoms with E-state index in [-0.39, 0.29) is 32.1 Å². The molecule has 0 unspecified atom stereocenters. The van der Waals surface area contributed by atoms with E-state index in [0.717, 1.165) is 28.8 Å². The molecule has 212 valence electrons. The maximum Gasteiger partial charge on any atom is 0.303 e. The molecule has 1 aliphatic rings. The molecule has 11 heteroatoms. The number of aryl methyl sites for hydroxylation is 1. The highest BCUT2D eigenvalue weighted by Gasteiger charge is 2.26. The Hall–Kier alpha value is -4.25. The molecule has 0 bridgehead atoms. The molecule has 1 heterocycles. The van der Waals surface area contributed by atoms with Crippen molar-refractivity contribution in [3.63, 3.8) is 0 Å². The summed E-state index contributed by atoms with van der Waals surface area (Å²) in [6, 6.07) is 7.75. The lowest BCUT2D eigenvalue weighted by Crippen LogP contribution is -2.53. The van der Waals surface area contributed by atoms with Gasteiger partial charge < -0.3 is 27.2 Å². The van der Waals surface area contributed by atoms with Gasteiger partial charge in [0.1, 0.15) is 12.1 Å². The number of hydrogen-bond donors (Lipinski definition) is 5. The number of amides is 4. The molecule has 4 amide bonds. The highest BCUT2D eigenvalue weighted by atomic mass is 32.1. The van der Waals surface area contributed by atoms with Crippen LogP contribution in [0.4, 0.5) is 0 Å². The zero-order valence-corrected chi connectivity index (χ0v) is 22.9. The van der Waals surface area contributed by atoms with Crippen molar-refractivity contribution >= 4 is 46.5 Å². The van der Waals surface area contributed by atoms with Gasteiger partial charge in [-0.2, -0.15) is 0 Å². The Bertz CT molecular complexity index is 1300. The molecular formula is C29H34N4O6S. The average molecular weight is 567 g/mol. The van der Waals surface area contributed by atoms with Gasteiger partial charge in [-0.3, -0.25) is 24.0 Å². The predicted octanol–water partition coefficient (Wildman–Crippen LogP) is 2.67. The molecule has 10 nitrogen and oxygen atoms in total. The maximum atomic E-state index is 12.8. The molecule has 1 aliphatic carbocycles. The van der Waals surface area contributed by atoms with Gasteiger partial charge in [0.2, 0.25) is 23.6 Å². The van der Waals surface area contributed by atoms with Gasteiger partial charge in [-0.25, -0.2) is 0 Å². The van der Waals surface area contributed by atoms with Crippen LogP contribution in [0.1, 0.15) is 56.1 Å². The maximum absolute atomic E-state index is 12.8. The Labute approximate surface area is 236 Å². The summed E-state index contributed by atoms with van der Waals surface area (Å²) >= 11 is 1.69. The van der Waals surface area contributed by atoms with Gasteiger partial charge in [-0.05, 0) is 65.8 Å². The van der Waals surface area contributed by atoms with Gasteiger partial charge >= 0.3 is 5.97 Å². The first-order valence-corrected chi connectivity index (χ1v) is 13.9. The van der Waals surface area contributed by atoms with E-state index in [1.807, 2.05) is 24.3 Å². The van der Waals surface area contributed by atoms with Gasteiger partial charge in [-0.1, -0.05) is 42.5 Å². The number of aliphatic carboxylic acids is 1. The van der Waals surface area contributed by atoms with Crippen molar-refractivity contribution in [2.75, 3.05) is 0 Å². The van der Waals surface area contributed by atoms with Crippen LogP contribution in [-0.2, 0) is 30.4 Å². The van der Waals surface area contributed by atoms with Crippen LogP contribution in [0.15, 0.2) is 53.9 Å². The Morgan fingerprint density at radius 3 is 2.27 bits per heavy atom. The second kappa shape index (κ2) is 14.8. The predicted molar refractivity (Wildman–Crippen MR) is 153 cm³/mol. The van der Waals surface area contributed by atoms with Crippen molar-refractivity contribution < 1.29 is 29.1 Å².